The molecule has 216 valence electrons. The number of piperazine rings is 1. The van der Waals surface area contributed by atoms with Gasteiger partial charge in [0.2, 0.25) is 11.8 Å². The van der Waals surface area contributed by atoms with E-state index in [1.807, 2.05) is 36.1 Å². The molecule has 0 atom stereocenters. The van der Waals surface area contributed by atoms with Gasteiger partial charge in [-0.2, -0.15) is 0 Å². The normalized spacial score (nSPS) is 13.8. The fourth-order valence-electron chi connectivity index (χ4n) is 4.73. The number of halogens is 1. The predicted octanol–water partition coefficient (Wildman–Crippen LogP) is 6.01. The molecule has 0 aliphatic carbocycles. The highest BCUT2D eigenvalue weighted by Crippen LogP contribution is 2.24. The molecule has 1 amide bonds. The van der Waals surface area contributed by atoms with Crippen LogP contribution in [0.15, 0.2) is 91.1 Å². The first-order valence-electron chi connectivity index (χ1n) is 14.0. The minimum atomic E-state index is -0.269. The van der Waals surface area contributed by atoms with Gasteiger partial charge in [0.25, 0.3) is 0 Å². The van der Waals surface area contributed by atoms with Crippen molar-refractivity contribution in [1.29, 1.82) is 0 Å². The van der Waals surface area contributed by atoms with Crippen molar-refractivity contribution in [3.63, 3.8) is 0 Å². The molecule has 7 nitrogen and oxygen atoms in total. The van der Waals surface area contributed by atoms with Crippen molar-refractivity contribution in [2.75, 3.05) is 32.8 Å². The number of rotatable bonds is 10. The van der Waals surface area contributed by atoms with Crippen LogP contribution in [0.3, 0.4) is 0 Å². The number of pyridine rings is 1. The summed E-state index contributed by atoms with van der Waals surface area (Å²) >= 11 is 0. The van der Waals surface area contributed by atoms with E-state index >= 15 is 0 Å². The van der Waals surface area contributed by atoms with Crippen molar-refractivity contribution in [2.45, 2.75) is 19.9 Å². The summed E-state index contributed by atoms with van der Waals surface area (Å²) in [5.41, 5.74) is 4.35. The van der Waals surface area contributed by atoms with Gasteiger partial charge >= 0.3 is 0 Å². The molecule has 1 aromatic heterocycles. The van der Waals surface area contributed by atoms with Crippen molar-refractivity contribution in [3.8, 4) is 23.1 Å². The second-order valence-corrected chi connectivity index (χ2v) is 10.3. The number of carbonyl (C=O) groups excluding carboxylic acids is 1. The summed E-state index contributed by atoms with van der Waals surface area (Å²) in [5.74, 6) is 1.52. The average Bonchev–Trinajstić information content (AvgIpc) is 3.00. The van der Waals surface area contributed by atoms with Gasteiger partial charge in [-0.3, -0.25) is 9.69 Å². The summed E-state index contributed by atoms with van der Waals surface area (Å²) in [6.07, 6.45) is 5.60. The molecule has 42 heavy (non-hydrogen) atoms. The molecular weight excluding hydrogens is 533 g/mol. The maximum Gasteiger partial charge on any atom is 0.246 e. The molecule has 1 aliphatic rings. The van der Waals surface area contributed by atoms with Gasteiger partial charge in [-0.05, 0) is 77.7 Å². The average molecular weight is 568 g/mol. The van der Waals surface area contributed by atoms with Crippen LogP contribution in [0, 0.1) is 12.7 Å². The number of nitrogens with zero attached hydrogens (tertiary/aromatic N) is 3. The lowest BCUT2D eigenvalue weighted by molar-refractivity contribution is -0.127. The van der Waals surface area contributed by atoms with E-state index in [1.165, 1.54) is 35.5 Å². The summed E-state index contributed by atoms with van der Waals surface area (Å²) < 4.78 is 24.5. The molecule has 0 unspecified atom stereocenters. The van der Waals surface area contributed by atoms with Crippen LogP contribution in [-0.2, 0) is 17.8 Å². The molecule has 2 heterocycles. The quantitative estimate of drug-likeness (QED) is 0.237. The summed E-state index contributed by atoms with van der Waals surface area (Å²) in [6, 6.07) is 23.4. The van der Waals surface area contributed by atoms with E-state index in [-0.39, 0.29) is 17.5 Å². The van der Waals surface area contributed by atoms with Gasteiger partial charge in [-0.15, -0.1) is 0 Å². The predicted molar refractivity (Wildman–Crippen MR) is 160 cm³/mol. The molecule has 0 radical (unpaired) electrons. The van der Waals surface area contributed by atoms with E-state index in [4.69, 9.17) is 9.47 Å². The highest BCUT2D eigenvalue weighted by atomic mass is 19.1. The lowest BCUT2D eigenvalue weighted by Gasteiger charge is -2.34. The standard InChI is InChI=1S/C34H34FN3O4/c1-25-22-32(42-33-14-10-30(39)23-36-33)11-6-28(25)7-15-34(40)38-19-17-37(18-20-38)24-27-4-2-26(3-5-27)16-21-41-31-12-8-29(35)9-13-31/h2-15,22-23,39H,16-21,24H2,1H3. The summed E-state index contributed by atoms with van der Waals surface area (Å²) in [5, 5.41) is 9.37. The maximum atomic E-state index is 13.0. The van der Waals surface area contributed by atoms with E-state index in [0.717, 1.165) is 37.2 Å². The van der Waals surface area contributed by atoms with Crippen molar-refractivity contribution in [2.24, 2.45) is 0 Å². The number of aryl methyl sites for hydroxylation is 1. The molecule has 4 aromatic rings. The zero-order valence-corrected chi connectivity index (χ0v) is 23.6. The van der Waals surface area contributed by atoms with Crippen LogP contribution >= 0.6 is 0 Å². The topological polar surface area (TPSA) is 75.1 Å². The minimum Gasteiger partial charge on any atom is -0.506 e. The Balaban J connectivity index is 1.04. The number of ether oxygens (including phenoxy) is 2. The fourth-order valence-corrected chi connectivity index (χ4v) is 4.73. The van der Waals surface area contributed by atoms with Gasteiger partial charge in [-0.1, -0.05) is 30.3 Å². The molecular formula is C34H34FN3O4. The Morgan fingerprint density at radius 1 is 0.929 bits per heavy atom. The molecule has 0 saturated carbocycles. The van der Waals surface area contributed by atoms with Crippen LogP contribution in [0.25, 0.3) is 6.08 Å². The maximum absolute atomic E-state index is 13.0. The molecule has 1 saturated heterocycles. The van der Waals surface area contributed by atoms with Crippen molar-refractivity contribution < 1.29 is 23.8 Å². The Bertz CT molecular complexity index is 1500. The monoisotopic (exact) mass is 567 g/mol. The number of amides is 1. The third kappa shape index (κ3) is 8.17. The SMILES string of the molecule is Cc1cc(Oc2ccc(O)cn2)ccc1C=CC(=O)N1CCN(Cc2ccc(CCOc3ccc(F)cc3)cc2)CC1. The number of hydrogen-bond acceptors (Lipinski definition) is 6. The number of aromatic hydroxyl groups is 1. The van der Waals surface area contributed by atoms with Crippen LogP contribution < -0.4 is 9.47 Å². The van der Waals surface area contributed by atoms with Crippen molar-refractivity contribution in [1.82, 2.24) is 14.8 Å². The molecule has 0 bridgehead atoms. The lowest BCUT2D eigenvalue weighted by Crippen LogP contribution is -2.47. The van der Waals surface area contributed by atoms with Gasteiger partial charge in [0, 0.05) is 51.3 Å². The highest BCUT2D eigenvalue weighted by Gasteiger charge is 2.19. The van der Waals surface area contributed by atoms with Gasteiger partial charge < -0.3 is 19.5 Å². The van der Waals surface area contributed by atoms with Crippen LogP contribution in [-0.4, -0.2) is 58.6 Å². The zero-order valence-electron chi connectivity index (χ0n) is 23.6. The first kappa shape index (κ1) is 28.8. The van der Waals surface area contributed by atoms with Crippen LogP contribution in [0.5, 0.6) is 23.1 Å². The van der Waals surface area contributed by atoms with Gasteiger partial charge in [0.05, 0.1) is 12.8 Å². The van der Waals surface area contributed by atoms with Gasteiger partial charge in [0.1, 0.15) is 23.1 Å². The van der Waals surface area contributed by atoms with Crippen molar-refractivity contribution in [3.05, 3.63) is 119 Å². The molecule has 1 fully saturated rings. The third-order valence-electron chi connectivity index (χ3n) is 7.18. The number of benzene rings is 3. The first-order chi connectivity index (χ1) is 20.4. The molecule has 1 aliphatic heterocycles. The Kier molecular flexibility index (Phi) is 9.46. The van der Waals surface area contributed by atoms with E-state index < -0.39 is 0 Å². The van der Waals surface area contributed by atoms with E-state index in [2.05, 4.69) is 34.1 Å². The second kappa shape index (κ2) is 13.8. The Labute approximate surface area is 245 Å². The number of aromatic nitrogens is 1. The van der Waals surface area contributed by atoms with Crippen LogP contribution in [0.4, 0.5) is 4.39 Å². The number of carbonyl (C=O) groups is 1. The third-order valence-corrected chi connectivity index (χ3v) is 7.18. The van der Waals surface area contributed by atoms with E-state index in [0.29, 0.717) is 37.1 Å². The largest absolute Gasteiger partial charge is 0.506 e. The fraction of sp³-hybridized carbons (Fsp3) is 0.235. The number of hydrogen-bond donors (Lipinski definition) is 1. The lowest BCUT2D eigenvalue weighted by atomic mass is 10.1. The Morgan fingerprint density at radius 2 is 1.64 bits per heavy atom. The minimum absolute atomic E-state index is 0.00915. The molecule has 8 heteroatoms. The Morgan fingerprint density at radius 3 is 2.33 bits per heavy atom. The van der Waals surface area contributed by atoms with E-state index in [9.17, 15) is 14.3 Å². The summed E-state index contributed by atoms with van der Waals surface area (Å²) in [6.45, 7) is 6.37. The second-order valence-electron chi connectivity index (χ2n) is 10.3. The highest BCUT2D eigenvalue weighted by molar-refractivity contribution is 5.92. The zero-order chi connectivity index (χ0) is 29.3. The molecule has 5 rings (SSSR count). The molecule has 0 spiro atoms. The van der Waals surface area contributed by atoms with Gasteiger partial charge in [0.15, 0.2) is 0 Å². The van der Waals surface area contributed by atoms with Crippen LogP contribution in [0.1, 0.15) is 22.3 Å². The van der Waals surface area contributed by atoms with Gasteiger partial charge in [-0.25, -0.2) is 9.37 Å². The molecule has 1 N–H and O–H groups in total. The Hall–Kier alpha value is -4.69. The van der Waals surface area contributed by atoms with Crippen molar-refractivity contribution >= 4 is 12.0 Å². The van der Waals surface area contributed by atoms with Crippen LogP contribution in [0.2, 0.25) is 0 Å². The summed E-state index contributed by atoms with van der Waals surface area (Å²) in [4.78, 5) is 21.1. The molecule has 3 aromatic carbocycles. The van der Waals surface area contributed by atoms with E-state index in [1.54, 1.807) is 24.3 Å². The first-order valence-corrected chi connectivity index (χ1v) is 14.0. The smallest absolute Gasteiger partial charge is 0.246 e. The summed E-state index contributed by atoms with van der Waals surface area (Å²) in [7, 11) is 0.